The molecule has 0 unspecified atom stereocenters. The van der Waals surface area contributed by atoms with E-state index in [-0.39, 0.29) is 23.5 Å². The summed E-state index contributed by atoms with van der Waals surface area (Å²) in [5, 5.41) is 12.8. The number of benzene rings is 1. The van der Waals surface area contributed by atoms with Gasteiger partial charge in [0.25, 0.3) is 5.91 Å². The highest BCUT2D eigenvalue weighted by Crippen LogP contribution is 2.24. The van der Waals surface area contributed by atoms with E-state index in [0.717, 1.165) is 30.6 Å². The van der Waals surface area contributed by atoms with Gasteiger partial charge in [0.1, 0.15) is 5.82 Å². The van der Waals surface area contributed by atoms with Crippen LogP contribution in [0.1, 0.15) is 28.9 Å². The molecule has 1 aromatic heterocycles. The van der Waals surface area contributed by atoms with Gasteiger partial charge in [-0.2, -0.15) is 15.4 Å². The lowest BCUT2D eigenvalue weighted by Gasteiger charge is -2.35. The number of halogens is 1. The van der Waals surface area contributed by atoms with Crippen molar-refractivity contribution >= 4 is 11.6 Å². The molecule has 1 fully saturated rings. The number of carbonyl (C=O) groups excluding carboxylic acids is 1. The summed E-state index contributed by atoms with van der Waals surface area (Å²) in [5.41, 5.74) is 2.21. The zero-order chi connectivity index (χ0) is 15.5. The number of hydrogen-bond donors (Lipinski definition) is 2. The summed E-state index contributed by atoms with van der Waals surface area (Å²) in [5.74, 6) is -0.453. The van der Waals surface area contributed by atoms with Crippen LogP contribution >= 0.6 is 0 Å². The molecule has 1 saturated heterocycles. The number of aromatic amines is 1. The van der Waals surface area contributed by atoms with Gasteiger partial charge in [0, 0.05) is 24.8 Å². The zero-order valence-electron chi connectivity index (χ0n) is 12.3. The van der Waals surface area contributed by atoms with Crippen molar-refractivity contribution in [2.45, 2.75) is 25.8 Å². The Morgan fingerprint density at radius 2 is 2.36 bits per heavy atom. The zero-order valence-corrected chi connectivity index (χ0v) is 12.3. The lowest BCUT2D eigenvalue weighted by atomic mass is 10.0. The number of amides is 1. The Morgan fingerprint density at radius 3 is 3.09 bits per heavy atom. The minimum atomic E-state index is -0.228. The summed E-state index contributed by atoms with van der Waals surface area (Å²) < 4.78 is 13.2. The highest BCUT2D eigenvalue weighted by molar-refractivity contribution is 5.92. The number of anilines is 1. The van der Waals surface area contributed by atoms with Gasteiger partial charge >= 0.3 is 0 Å². The van der Waals surface area contributed by atoms with Crippen LogP contribution in [-0.4, -0.2) is 40.4 Å². The fourth-order valence-corrected chi connectivity index (χ4v) is 2.86. The summed E-state index contributed by atoms with van der Waals surface area (Å²) in [6.07, 6.45) is 3.29. The molecule has 1 amide bonds. The molecule has 2 aromatic rings. The highest BCUT2D eigenvalue weighted by atomic mass is 19.1. The maximum Gasteiger partial charge on any atom is 0.273 e. The molecule has 1 aliphatic rings. The number of hydrogen-bond acceptors (Lipinski definition) is 4. The fourth-order valence-electron chi connectivity index (χ4n) is 2.86. The van der Waals surface area contributed by atoms with Crippen molar-refractivity contribution < 1.29 is 9.18 Å². The Morgan fingerprint density at radius 1 is 1.50 bits per heavy atom. The number of aryl methyl sites for hydroxylation is 1. The SMILES string of the molecule is Cc1cc(F)ccc1N1CCC[C@H](NC(=O)c2cn[nH]n2)C1. The first-order chi connectivity index (χ1) is 10.6. The Labute approximate surface area is 127 Å². The summed E-state index contributed by atoms with van der Waals surface area (Å²) in [6, 6.07) is 4.85. The number of piperidine rings is 1. The number of rotatable bonds is 3. The lowest BCUT2D eigenvalue weighted by molar-refractivity contribution is 0.0928. The van der Waals surface area contributed by atoms with Crippen LogP contribution in [0.4, 0.5) is 10.1 Å². The van der Waals surface area contributed by atoms with E-state index in [1.54, 1.807) is 6.07 Å². The smallest absolute Gasteiger partial charge is 0.273 e. The standard InChI is InChI=1S/C15H18FN5O/c1-10-7-11(16)4-5-14(10)21-6-2-3-12(9-21)18-15(22)13-8-17-20-19-13/h4-5,7-8,12H,2-3,6,9H2,1H3,(H,18,22)(H,17,19,20)/t12-/m0/s1. The molecule has 116 valence electrons. The van der Waals surface area contributed by atoms with Gasteiger partial charge in [0.2, 0.25) is 0 Å². The van der Waals surface area contributed by atoms with Gasteiger partial charge in [-0.1, -0.05) is 0 Å². The largest absolute Gasteiger partial charge is 0.369 e. The average Bonchev–Trinajstić information content (AvgIpc) is 3.02. The predicted molar refractivity (Wildman–Crippen MR) is 80.2 cm³/mol. The maximum atomic E-state index is 13.2. The number of H-pyrrole nitrogens is 1. The van der Waals surface area contributed by atoms with Crippen LogP contribution < -0.4 is 10.2 Å². The Kier molecular flexibility index (Phi) is 4.04. The normalized spacial score (nSPS) is 18.3. The molecule has 0 saturated carbocycles. The van der Waals surface area contributed by atoms with Crippen molar-refractivity contribution in [1.82, 2.24) is 20.7 Å². The number of aromatic nitrogens is 3. The Bertz CT molecular complexity index is 658. The van der Waals surface area contributed by atoms with Crippen molar-refractivity contribution in [3.05, 3.63) is 41.5 Å². The third kappa shape index (κ3) is 3.08. The van der Waals surface area contributed by atoms with E-state index in [4.69, 9.17) is 0 Å². The number of carbonyl (C=O) groups is 1. The van der Waals surface area contributed by atoms with Crippen molar-refractivity contribution in [3.8, 4) is 0 Å². The second-order valence-electron chi connectivity index (χ2n) is 5.54. The van der Waals surface area contributed by atoms with E-state index in [1.165, 1.54) is 18.3 Å². The fraction of sp³-hybridized carbons (Fsp3) is 0.400. The summed E-state index contributed by atoms with van der Waals surface area (Å²) in [7, 11) is 0. The molecule has 0 bridgehead atoms. The summed E-state index contributed by atoms with van der Waals surface area (Å²) >= 11 is 0. The van der Waals surface area contributed by atoms with Crippen LogP contribution in [0.3, 0.4) is 0 Å². The van der Waals surface area contributed by atoms with E-state index in [9.17, 15) is 9.18 Å². The van der Waals surface area contributed by atoms with Gasteiger partial charge in [0.15, 0.2) is 5.69 Å². The molecular formula is C15H18FN5O. The monoisotopic (exact) mass is 303 g/mol. The van der Waals surface area contributed by atoms with E-state index in [1.807, 2.05) is 6.92 Å². The molecule has 0 spiro atoms. The van der Waals surface area contributed by atoms with E-state index in [0.29, 0.717) is 6.54 Å². The third-order valence-electron chi connectivity index (χ3n) is 3.90. The van der Waals surface area contributed by atoms with Crippen LogP contribution in [0.15, 0.2) is 24.4 Å². The summed E-state index contributed by atoms with van der Waals surface area (Å²) in [6.45, 7) is 3.51. The number of nitrogens with one attached hydrogen (secondary N) is 2. The van der Waals surface area contributed by atoms with Crippen molar-refractivity contribution in [3.63, 3.8) is 0 Å². The second kappa shape index (κ2) is 6.13. The molecule has 1 atom stereocenters. The van der Waals surface area contributed by atoms with Crippen LogP contribution in [0, 0.1) is 12.7 Å². The lowest BCUT2D eigenvalue weighted by Crippen LogP contribution is -2.48. The quantitative estimate of drug-likeness (QED) is 0.904. The van der Waals surface area contributed by atoms with E-state index in [2.05, 4.69) is 25.6 Å². The van der Waals surface area contributed by atoms with E-state index >= 15 is 0 Å². The first-order valence-electron chi connectivity index (χ1n) is 7.31. The van der Waals surface area contributed by atoms with Gasteiger partial charge in [-0.3, -0.25) is 4.79 Å². The van der Waals surface area contributed by atoms with Gasteiger partial charge < -0.3 is 10.2 Å². The third-order valence-corrected chi connectivity index (χ3v) is 3.90. The first-order valence-corrected chi connectivity index (χ1v) is 7.31. The molecule has 0 radical (unpaired) electrons. The molecule has 2 N–H and O–H groups in total. The molecule has 3 rings (SSSR count). The van der Waals surface area contributed by atoms with Crippen molar-refractivity contribution in [2.24, 2.45) is 0 Å². The number of nitrogens with zero attached hydrogens (tertiary/aromatic N) is 3. The van der Waals surface area contributed by atoms with Crippen LogP contribution in [0.25, 0.3) is 0 Å². The minimum Gasteiger partial charge on any atom is -0.369 e. The molecule has 6 nitrogen and oxygen atoms in total. The maximum absolute atomic E-state index is 13.2. The molecule has 0 aliphatic carbocycles. The molecule has 1 aromatic carbocycles. The van der Waals surface area contributed by atoms with Crippen LogP contribution in [0.2, 0.25) is 0 Å². The van der Waals surface area contributed by atoms with E-state index < -0.39 is 0 Å². The summed E-state index contributed by atoms with van der Waals surface area (Å²) in [4.78, 5) is 14.2. The Balaban J connectivity index is 1.67. The Hall–Kier alpha value is -2.44. The highest BCUT2D eigenvalue weighted by Gasteiger charge is 2.23. The van der Waals surface area contributed by atoms with Crippen LogP contribution in [0.5, 0.6) is 0 Å². The molecule has 2 heterocycles. The minimum absolute atomic E-state index is 0.0439. The molecule has 1 aliphatic heterocycles. The molecule has 22 heavy (non-hydrogen) atoms. The molecule has 7 heteroatoms. The van der Waals surface area contributed by atoms with Gasteiger partial charge in [-0.25, -0.2) is 4.39 Å². The predicted octanol–water partition coefficient (Wildman–Crippen LogP) is 1.65. The first kappa shape index (κ1) is 14.5. The van der Waals surface area contributed by atoms with Crippen molar-refractivity contribution in [1.29, 1.82) is 0 Å². The second-order valence-corrected chi connectivity index (χ2v) is 5.54. The topological polar surface area (TPSA) is 73.9 Å². The van der Waals surface area contributed by atoms with Crippen molar-refractivity contribution in [2.75, 3.05) is 18.0 Å². The van der Waals surface area contributed by atoms with Gasteiger partial charge in [-0.05, 0) is 43.5 Å². The van der Waals surface area contributed by atoms with Gasteiger partial charge in [-0.15, -0.1) is 0 Å². The average molecular weight is 303 g/mol. The van der Waals surface area contributed by atoms with Crippen LogP contribution in [-0.2, 0) is 0 Å². The van der Waals surface area contributed by atoms with Gasteiger partial charge in [0.05, 0.1) is 6.20 Å². The molecular weight excluding hydrogens is 285 g/mol.